The second-order valence-corrected chi connectivity index (χ2v) is 8.14. The zero-order valence-electron chi connectivity index (χ0n) is 15.9. The molecule has 0 saturated carbocycles. The molecule has 0 aliphatic rings. The third-order valence-corrected chi connectivity index (χ3v) is 5.92. The van der Waals surface area contributed by atoms with Crippen LogP contribution in [0.3, 0.4) is 0 Å². The number of aryl methyl sites for hydroxylation is 1. The van der Waals surface area contributed by atoms with Crippen molar-refractivity contribution in [2.45, 2.75) is 30.9 Å². The van der Waals surface area contributed by atoms with E-state index >= 15 is 0 Å². The van der Waals surface area contributed by atoms with Gasteiger partial charge in [0.2, 0.25) is 0 Å². The molecule has 0 saturated heterocycles. The topological polar surface area (TPSA) is 59.8 Å². The maximum Gasteiger partial charge on any atom is 0.251 e. The van der Waals surface area contributed by atoms with Crippen LogP contribution in [0.15, 0.2) is 60.3 Å². The van der Waals surface area contributed by atoms with Gasteiger partial charge in [-0.15, -0.1) is 16.8 Å². The lowest BCUT2D eigenvalue weighted by Gasteiger charge is -2.09. The molecule has 29 heavy (non-hydrogen) atoms. The minimum Gasteiger partial charge on any atom is -0.345 e. The molecule has 0 aliphatic carbocycles. The summed E-state index contributed by atoms with van der Waals surface area (Å²) in [4.78, 5) is 12.4. The largest absolute Gasteiger partial charge is 0.345 e. The van der Waals surface area contributed by atoms with Gasteiger partial charge in [-0.2, -0.15) is 0 Å². The summed E-state index contributed by atoms with van der Waals surface area (Å²) in [6.45, 7) is 6.58. The number of rotatable bonds is 8. The predicted molar refractivity (Wildman–Crippen MR) is 119 cm³/mol. The summed E-state index contributed by atoms with van der Waals surface area (Å²) in [5, 5.41) is 13.2. The molecule has 3 rings (SSSR count). The van der Waals surface area contributed by atoms with Gasteiger partial charge in [0.1, 0.15) is 0 Å². The van der Waals surface area contributed by atoms with Gasteiger partial charge in [0.05, 0.1) is 16.6 Å². The average molecular weight is 447 g/mol. The van der Waals surface area contributed by atoms with Gasteiger partial charge in [0.15, 0.2) is 11.0 Å². The van der Waals surface area contributed by atoms with Gasteiger partial charge < -0.3 is 9.88 Å². The molecule has 150 valence electrons. The molecule has 0 unspecified atom stereocenters. The maximum absolute atomic E-state index is 12.4. The molecule has 0 fully saturated rings. The van der Waals surface area contributed by atoms with E-state index in [0.29, 0.717) is 33.7 Å². The van der Waals surface area contributed by atoms with Crippen LogP contribution in [0.1, 0.15) is 27.3 Å². The Bertz CT molecular complexity index is 1040. The van der Waals surface area contributed by atoms with E-state index in [1.54, 1.807) is 18.2 Å². The number of allylic oxidation sites excluding steroid dienone is 1. The van der Waals surface area contributed by atoms with E-state index in [-0.39, 0.29) is 12.5 Å². The van der Waals surface area contributed by atoms with Gasteiger partial charge in [-0.05, 0) is 36.8 Å². The fourth-order valence-corrected chi connectivity index (χ4v) is 3.92. The van der Waals surface area contributed by atoms with E-state index in [1.165, 1.54) is 11.8 Å². The SMILES string of the molecule is C=CCn1c(CNC(=O)c2cccc(C)c2)nnc1SCc1ccc(Cl)c(Cl)c1. The van der Waals surface area contributed by atoms with Crippen molar-refractivity contribution in [3.8, 4) is 0 Å². The third-order valence-electron chi connectivity index (χ3n) is 4.14. The molecule has 5 nitrogen and oxygen atoms in total. The van der Waals surface area contributed by atoms with E-state index in [0.717, 1.165) is 16.3 Å². The van der Waals surface area contributed by atoms with Crippen molar-refractivity contribution in [2.75, 3.05) is 0 Å². The highest BCUT2D eigenvalue weighted by atomic mass is 35.5. The Balaban J connectivity index is 1.68. The molecule has 0 spiro atoms. The number of carbonyl (C=O) groups is 1. The van der Waals surface area contributed by atoms with Crippen LogP contribution < -0.4 is 5.32 Å². The number of carbonyl (C=O) groups excluding carboxylic acids is 1. The van der Waals surface area contributed by atoms with Crippen LogP contribution in [0, 0.1) is 6.92 Å². The van der Waals surface area contributed by atoms with Crippen LogP contribution in [0.5, 0.6) is 0 Å². The van der Waals surface area contributed by atoms with Crippen LogP contribution in [0.2, 0.25) is 10.0 Å². The molecule has 8 heteroatoms. The van der Waals surface area contributed by atoms with Gasteiger partial charge in [-0.25, -0.2) is 0 Å². The zero-order chi connectivity index (χ0) is 20.8. The molecule has 3 aromatic rings. The summed E-state index contributed by atoms with van der Waals surface area (Å²) in [5.74, 6) is 1.19. The van der Waals surface area contributed by atoms with E-state index < -0.39 is 0 Å². The number of hydrogen-bond acceptors (Lipinski definition) is 4. The fourth-order valence-electron chi connectivity index (χ4n) is 2.69. The van der Waals surface area contributed by atoms with Crippen molar-refractivity contribution in [3.63, 3.8) is 0 Å². The molecule has 0 radical (unpaired) electrons. The van der Waals surface area contributed by atoms with Gasteiger partial charge in [0.25, 0.3) is 5.91 Å². The number of aromatic nitrogens is 3. The van der Waals surface area contributed by atoms with Crippen molar-refractivity contribution < 1.29 is 4.79 Å². The lowest BCUT2D eigenvalue weighted by atomic mass is 10.1. The minimum absolute atomic E-state index is 0.146. The molecule has 1 N–H and O–H groups in total. The second-order valence-electron chi connectivity index (χ2n) is 6.39. The van der Waals surface area contributed by atoms with Gasteiger partial charge >= 0.3 is 0 Å². The molecule has 1 amide bonds. The van der Waals surface area contributed by atoms with Gasteiger partial charge in [-0.1, -0.05) is 64.8 Å². The average Bonchev–Trinajstić information content (AvgIpc) is 3.09. The number of thioether (sulfide) groups is 1. The van der Waals surface area contributed by atoms with Gasteiger partial charge in [0, 0.05) is 17.9 Å². The van der Waals surface area contributed by atoms with Crippen molar-refractivity contribution in [2.24, 2.45) is 0 Å². The van der Waals surface area contributed by atoms with Crippen molar-refractivity contribution in [1.82, 2.24) is 20.1 Å². The normalized spacial score (nSPS) is 10.7. The van der Waals surface area contributed by atoms with Crippen LogP contribution in [-0.4, -0.2) is 20.7 Å². The Morgan fingerprint density at radius 3 is 2.76 bits per heavy atom. The molecular weight excluding hydrogens is 427 g/mol. The molecule has 1 heterocycles. The van der Waals surface area contributed by atoms with E-state index in [9.17, 15) is 4.79 Å². The van der Waals surface area contributed by atoms with E-state index in [1.807, 2.05) is 41.8 Å². The first-order chi connectivity index (χ1) is 14.0. The highest BCUT2D eigenvalue weighted by Gasteiger charge is 2.14. The summed E-state index contributed by atoms with van der Waals surface area (Å²) in [6.07, 6.45) is 1.78. The molecular formula is C21H20Cl2N4OS. The number of hydrogen-bond donors (Lipinski definition) is 1. The molecule has 0 atom stereocenters. The van der Waals surface area contributed by atoms with Gasteiger partial charge in [-0.3, -0.25) is 4.79 Å². The molecule has 0 aliphatic heterocycles. The minimum atomic E-state index is -0.146. The first-order valence-electron chi connectivity index (χ1n) is 8.92. The molecule has 0 bridgehead atoms. The lowest BCUT2D eigenvalue weighted by Crippen LogP contribution is -2.24. The Labute approximate surface area is 184 Å². The number of amides is 1. The van der Waals surface area contributed by atoms with E-state index in [4.69, 9.17) is 23.2 Å². The second kappa shape index (κ2) is 9.96. The smallest absolute Gasteiger partial charge is 0.251 e. The summed E-state index contributed by atoms with van der Waals surface area (Å²) < 4.78 is 1.94. The van der Waals surface area contributed by atoms with Crippen LogP contribution in [0.4, 0.5) is 0 Å². The number of nitrogens with one attached hydrogen (secondary N) is 1. The highest BCUT2D eigenvalue weighted by molar-refractivity contribution is 7.98. The quantitative estimate of drug-likeness (QED) is 0.376. The fraction of sp³-hybridized carbons (Fsp3) is 0.190. The first-order valence-corrected chi connectivity index (χ1v) is 10.7. The Morgan fingerprint density at radius 2 is 2.03 bits per heavy atom. The van der Waals surface area contributed by atoms with Crippen LogP contribution in [-0.2, 0) is 18.8 Å². The Morgan fingerprint density at radius 1 is 1.21 bits per heavy atom. The molecule has 1 aromatic heterocycles. The van der Waals surface area contributed by atoms with Crippen LogP contribution >= 0.6 is 35.0 Å². The predicted octanol–water partition coefficient (Wildman–Crippen LogP) is 5.30. The molecule has 2 aromatic carbocycles. The third kappa shape index (κ3) is 5.63. The summed E-state index contributed by atoms with van der Waals surface area (Å²) in [6, 6.07) is 13.0. The van der Waals surface area contributed by atoms with Crippen molar-refractivity contribution >= 4 is 40.9 Å². The zero-order valence-corrected chi connectivity index (χ0v) is 18.2. The maximum atomic E-state index is 12.4. The van der Waals surface area contributed by atoms with Crippen molar-refractivity contribution in [3.05, 3.63) is 87.7 Å². The first kappa shape index (κ1) is 21.4. The van der Waals surface area contributed by atoms with Crippen molar-refractivity contribution in [1.29, 1.82) is 0 Å². The van der Waals surface area contributed by atoms with Crippen LogP contribution in [0.25, 0.3) is 0 Å². The number of benzene rings is 2. The van der Waals surface area contributed by atoms with E-state index in [2.05, 4.69) is 22.1 Å². The number of nitrogens with zero attached hydrogens (tertiary/aromatic N) is 3. The highest BCUT2D eigenvalue weighted by Crippen LogP contribution is 2.27. The lowest BCUT2D eigenvalue weighted by molar-refractivity contribution is 0.0949. The summed E-state index contributed by atoms with van der Waals surface area (Å²) in [7, 11) is 0. The standard InChI is InChI=1S/C21H20Cl2N4OS/c1-3-9-27-19(12-24-20(28)16-6-4-5-14(2)10-16)25-26-21(27)29-13-15-7-8-17(22)18(23)11-15/h3-8,10-11H,1,9,12-13H2,2H3,(H,24,28). The Kier molecular flexibility index (Phi) is 7.36. The Hall–Kier alpha value is -2.28. The number of halogens is 2. The monoisotopic (exact) mass is 446 g/mol. The summed E-state index contributed by atoms with van der Waals surface area (Å²) >= 11 is 13.6. The summed E-state index contributed by atoms with van der Waals surface area (Å²) in [5.41, 5.74) is 2.69.